The number of rotatable bonds is 5. The SMILES string of the molecule is COC(=O)C1CC1CC(C)c1ccc(S(C)(=O)=O)cc1. The number of sulfone groups is 1. The van der Waals surface area contributed by atoms with Crippen LogP contribution in [0.25, 0.3) is 0 Å². The fourth-order valence-electron chi connectivity index (χ4n) is 2.58. The quantitative estimate of drug-likeness (QED) is 0.783. The Kier molecular flexibility index (Phi) is 4.18. The first-order valence-electron chi connectivity index (χ1n) is 6.70. The molecule has 20 heavy (non-hydrogen) atoms. The third kappa shape index (κ3) is 3.39. The largest absolute Gasteiger partial charge is 0.469 e. The van der Waals surface area contributed by atoms with Crippen LogP contribution in [0.5, 0.6) is 0 Å². The first-order chi connectivity index (χ1) is 9.32. The lowest BCUT2D eigenvalue weighted by atomic mass is 9.95. The summed E-state index contributed by atoms with van der Waals surface area (Å²) in [6, 6.07) is 7.00. The van der Waals surface area contributed by atoms with Crippen LogP contribution in [0.4, 0.5) is 0 Å². The summed E-state index contributed by atoms with van der Waals surface area (Å²) in [5.74, 6) is 0.641. The molecule has 0 heterocycles. The predicted octanol–water partition coefficient (Wildman–Crippen LogP) is 2.39. The monoisotopic (exact) mass is 296 g/mol. The highest BCUT2D eigenvalue weighted by Gasteiger charge is 2.44. The molecule has 1 aliphatic rings. The molecule has 0 amide bonds. The van der Waals surface area contributed by atoms with Gasteiger partial charge in [0.25, 0.3) is 0 Å². The van der Waals surface area contributed by atoms with Crippen molar-refractivity contribution in [2.75, 3.05) is 13.4 Å². The second-order valence-electron chi connectivity index (χ2n) is 5.60. The lowest BCUT2D eigenvalue weighted by Crippen LogP contribution is -2.06. The van der Waals surface area contributed by atoms with Crippen LogP contribution in [-0.2, 0) is 19.4 Å². The molecule has 1 fully saturated rings. The number of hydrogen-bond acceptors (Lipinski definition) is 4. The average Bonchev–Trinajstić information content (AvgIpc) is 3.16. The zero-order valence-corrected chi connectivity index (χ0v) is 12.8. The third-order valence-electron chi connectivity index (χ3n) is 3.96. The summed E-state index contributed by atoms with van der Waals surface area (Å²) in [7, 11) is -1.72. The minimum atomic E-state index is -3.14. The molecular weight excluding hydrogens is 276 g/mol. The molecule has 0 aromatic heterocycles. The number of esters is 1. The van der Waals surface area contributed by atoms with Crippen LogP contribution in [0.2, 0.25) is 0 Å². The maximum Gasteiger partial charge on any atom is 0.308 e. The molecule has 3 atom stereocenters. The minimum Gasteiger partial charge on any atom is -0.469 e. The molecule has 0 bridgehead atoms. The van der Waals surface area contributed by atoms with Gasteiger partial charge in [-0.3, -0.25) is 4.79 Å². The first kappa shape index (κ1) is 15.0. The van der Waals surface area contributed by atoms with Gasteiger partial charge in [-0.25, -0.2) is 8.42 Å². The van der Waals surface area contributed by atoms with Gasteiger partial charge in [0.2, 0.25) is 0 Å². The van der Waals surface area contributed by atoms with E-state index in [1.165, 1.54) is 13.4 Å². The molecule has 0 N–H and O–H groups in total. The van der Waals surface area contributed by atoms with Crippen molar-refractivity contribution in [1.82, 2.24) is 0 Å². The van der Waals surface area contributed by atoms with Crippen LogP contribution >= 0.6 is 0 Å². The third-order valence-corrected chi connectivity index (χ3v) is 5.09. The van der Waals surface area contributed by atoms with Crippen LogP contribution in [-0.4, -0.2) is 27.8 Å². The Morgan fingerprint density at radius 3 is 2.45 bits per heavy atom. The number of hydrogen-bond donors (Lipinski definition) is 0. The van der Waals surface area contributed by atoms with Gasteiger partial charge in [0, 0.05) is 6.26 Å². The van der Waals surface area contributed by atoms with Gasteiger partial charge >= 0.3 is 5.97 Å². The highest BCUT2D eigenvalue weighted by Crippen LogP contribution is 2.45. The normalized spacial score (nSPS) is 23.1. The number of ether oxygens (including phenoxy) is 1. The van der Waals surface area contributed by atoms with Crippen LogP contribution in [0.3, 0.4) is 0 Å². The fourth-order valence-corrected chi connectivity index (χ4v) is 3.21. The molecule has 110 valence electrons. The summed E-state index contributed by atoms with van der Waals surface area (Å²) < 4.78 is 27.5. The average molecular weight is 296 g/mol. The van der Waals surface area contributed by atoms with Crippen molar-refractivity contribution in [2.45, 2.75) is 30.6 Å². The zero-order chi connectivity index (χ0) is 14.9. The van der Waals surface area contributed by atoms with Crippen molar-refractivity contribution in [3.8, 4) is 0 Å². The number of carbonyl (C=O) groups excluding carboxylic acids is 1. The molecule has 5 heteroatoms. The lowest BCUT2D eigenvalue weighted by molar-refractivity contribution is -0.142. The van der Waals surface area contributed by atoms with Crippen LogP contribution in [0.1, 0.15) is 31.2 Å². The van der Waals surface area contributed by atoms with Crippen LogP contribution in [0, 0.1) is 11.8 Å². The highest BCUT2D eigenvalue weighted by atomic mass is 32.2. The van der Waals surface area contributed by atoms with E-state index < -0.39 is 9.84 Å². The van der Waals surface area contributed by atoms with Crippen LogP contribution < -0.4 is 0 Å². The van der Waals surface area contributed by atoms with E-state index >= 15 is 0 Å². The molecule has 1 aromatic carbocycles. The fraction of sp³-hybridized carbons (Fsp3) is 0.533. The summed E-state index contributed by atoms with van der Waals surface area (Å²) in [5, 5.41) is 0. The Morgan fingerprint density at radius 2 is 1.95 bits per heavy atom. The molecule has 0 radical (unpaired) electrons. The molecule has 1 aliphatic carbocycles. The van der Waals surface area contributed by atoms with E-state index in [2.05, 4.69) is 6.92 Å². The van der Waals surface area contributed by atoms with Gasteiger partial charge in [-0.2, -0.15) is 0 Å². The molecule has 0 aliphatic heterocycles. The van der Waals surface area contributed by atoms with E-state index in [0.717, 1.165) is 18.4 Å². The second kappa shape index (κ2) is 5.56. The van der Waals surface area contributed by atoms with E-state index in [1.807, 2.05) is 12.1 Å². The number of carbonyl (C=O) groups is 1. The smallest absolute Gasteiger partial charge is 0.308 e. The highest BCUT2D eigenvalue weighted by molar-refractivity contribution is 7.90. The number of benzene rings is 1. The Balaban J connectivity index is 1.97. The summed E-state index contributed by atoms with van der Waals surface area (Å²) in [6.45, 7) is 2.10. The van der Waals surface area contributed by atoms with Gasteiger partial charge in [-0.05, 0) is 42.4 Å². The molecule has 2 rings (SSSR count). The Morgan fingerprint density at radius 1 is 1.35 bits per heavy atom. The zero-order valence-electron chi connectivity index (χ0n) is 12.0. The van der Waals surface area contributed by atoms with Crippen molar-refractivity contribution in [3.63, 3.8) is 0 Å². The molecule has 1 aromatic rings. The summed E-state index contributed by atoms with van der Waals surface area (Å²) >= 11 is 0. The van der Waals surface area contributed by atoms with Crippen molar-refractivity contribution in [1.29, 1.82) is 0 Å². The Bertz CT molecular complexity index is 589. The molecule has 3 unspecified atom stereocenters. The first-order valence-corrected chi connectivity index (χ1v) is 8.60. The van der Waals surface area contributed by atoms with Crippen molar-refractivity contribution >= 4 is 15.8 Å². The summed E-state index contributed by atoms with van der Waals surface area (Å²) in [4.78, 5) is 11.7. The van der Waals surface area contributed by atoms with Gasteiger partial charge in [0.05, 0.1) is 17.9 Å². The summed E-state index contributed by atoms with van der Waals surface area (Å²) in [6.07, 6.45) is 3.03. The van der Waals surface area contributed by atoms with Gasteiger partial charge < -0.3 is 4.74 Å². The van der Waals surface area contributed by atoms with E-state index in [4.69, 9.17) is 4.74 Å². The molecule has 1 saturated carbocycles. The van der Waals surface area contributed by atoms with E-state index in [9.17, 15) is 13.2 Å². The van der Waals surface area contributed by atoms with Gasteiger partial charge in [0.15, 0.2) is 9.84 Å². The topological polar surface area (TPSA) is 60.4 Å². The standard InChI is InChI=1S/C15H20O4S/c1-10(8-12-9-14(12)15(16)19-2)11-4-6-13(7-5-11)20(3,17)18/h4-7,10,12,14H,8-9H2,1-3H3. The maximum absolute atomic E-state index is 11.4. The maximum atomic E-state index is 11.4. The van der Waals surface area contributed by atoms with Gasteiger partial charge in [0.1, 0.15) is 0 Å². The van der Waals surface area contributed by atoms with E-state index in [0.29, 0.717) is 16.7 Å². The van der Waals surface area contributed by atoms with Gasteiger partial charge in [-0.15, -0.1) is 0 Å². The lowest BCUT2D eigenvalue weighted by Gasteiger charge is -2.12. The van der Waals surface area contributed by atoms with Crippen molar-refractivity contribution in [2.24, 2.45) is 11.8 Å². The molecule has 4 nitrogen and oxygen atoms in total. The minimum absolute atomic E-state index is 0.0535. The van der Waals surface area contributed by atoms with Crippen molar-refractivity contribution < 1.29 is 17.9 Å². The predicted molar refractivity (Wildman–Crippen MR) is 76.2 cm³/mol. The number of methoxy groups -OCH3 is 1. The summed E-state index contributed by atoms with van der Waals surface area (Å²) in [5.41, 5.74) is 1.10. The molecular formula is C15H20O4S. The van der Waals surface area contributed by atoms with E-state index in [-0.39, 0.29) is 11.9 Å². The van der Waals surface area contributed by atoms with Crippen molar-refractivity contribution in [3.05, 3.63) is 29.8 Å². The molecule has 0 saturated heterocycles. The Labute approximate surface area is 120 Å². The van der Waals surface area contributed by atoms with Crippen LogP contribution in [0.15, 0.2) is 29.2 Å². The molecule has 0 spiro atoms. The van der Waals surface area contributed by atoms with Gasteiger partial charge in [-0.1, -0.05) is 19.1 Å². The second-order valence-corrected chi connectivity index (χ2v) is 7.62. The Hall–Kier alpha value is -1.36. The van der Waals surface area contributed by atoms with E-state index in [1.54, 1.807) is 12.1 Å².